The lowest BCUT2D eigenvalue weighted by atomic mass is 10.0. The summed E-state index contributed by atoms with van der Waals surface area (Å²) in [6, 6.07) is 15.2. The largest absolute Gasteiger partial charge is 0.444 e. The molecule has 3 rings (SSSR count). The predicted molar refractivity (Wildman–Crippen MR) is 87.8 cm³/mol. The van der Waals surface area contributed by atoms with Gasteiger partial charge in [0.25, 0.3) is 0 Å². The van der Waals surface area contributed by atoms with E-state index in [0.29, 0.717) is 6.42 Å². The fourth-order valence-corrected chi connectivity index (χ4v) is 2.99. The maximum Gasteiger partial charge on any atom is 0.414 e. The van der Waals surface area contributed by atoms with E-state index in [1.54, 1.807) is 0 Å². The second-order valence-corrected chi connectivity index (χ2v) is 6.20. The summed E-state index contributed by atoms with van der Waals surface area (Å²) in [5, 5.41) is 9.99. The summed E-state index contributed by atoms with van der Waals surface area (Å²) < 4.78 is 6.30. The predicted octanol–water partition coefficient (Wildman–Crippen LogP) is 3.51. The van der Waals surface area contributed by atoms with Gasteiger partial charge in [0.2, 0.25) is 0 Å². The molecule has 0 fully saturated rings. The molecule has 0 bridgehead atoms. The monoisotopic (exact) mass is 361 g/mol. The van der Waals surface area contributed by atoms with E-state index in [2.05, 4.69) is 15.9 Å². The first kappa shape index (κ1) is 15.1. The van der Waals surface area contributed by atoms with Crippen molar-refractivity contribution in [1.29, 1.82) is 0 Å². The number of benzene rings is 2. The van der Waals surface area contributed by atoms with E-state index < -0.39 is 12.2 Å². The van der Waals surface area contributed by atoms with Crippen LogP contribution in [0, 0.1) is 0 Å². The van der Waals surface area contributed by atoms with Crippen LogP contribution in [0.15, 0.2) is 53.0 Å². The number of β-amino-alcohol motifs (C(OH)–C–C–N with tert-alkyl or cyclic N) is 1. The van der Waals surface area contributed by atoms with Crippen molar-refractivity contribution >= 4 is 27.7 Å². The van der Waals surface area contributed by atoms with E-state index in [9.17, 15) is 9.90 Å². The Labute approximate surface area is 137 Å². The molecule has 1 heterocycles. The summed E-state index contributed by atoms with van der Waals surface area (Å²) in [7, 11) is 0. The zero-order chi connectivity index (χ0) is 15.5. The van der Waals surface area contributed by atoms with E-state index in [1.807, 2.05) is 48.5 Å². The van der Waals surface area contributed by atoms with Crippen molar-refractivity contribution in [2.45, 2.75) is 19.1 Å². The minimum atomic E-state index is -0.578. The Morgan fingerprint density at radius 1 is 1.27 bits per heavy atom. The van der Waals surface area contributed by atoms with Gasteiger partial charge in [-0.1, -0.05) is 46.3 Å². The average Bonchev–Trinajstić information content (AvgIpc) is 2.52. The number of aliphatic hydroxyl groups excluding tert-OH is 1. The number of aliphatic hydroxyl groups is 1. The van der Waals surface area contributed by atoms with Gasteiger partial charge in [0.1, 0.15) is 6.61 Å². The number of hydrogen-bond donors (Lipinski definition) is 1. The highest BCUT2D eigenvalue weighted by Gasteiger charge is 2.28. The fourth-order valence-electron chi connectivity index (χ4n) is 2.58. The van der Waals surface area contributed by atoms with Gasteiger partial charge in [0, 0.05) is 10.9 Å². The van der Waals surface area contributed by atoms with Crippen LogP contribution in [0.1, 0.15) is 11.1 Å². The zero-order valence-corrected chi connectivity index (χ0v) is 13.5. The second-order valence-electron chi connectivity index (χ2n) is 5.28. The number of hydrogen-bond acceptors (Lipinski definition) is 3. The number of rotatable bonds is 2. The lowest BCUT2D eigenvalue weighted by Crippen LogP contribution is -2.42. The molecule has 2 aromatic carbocycles. The van der Waals surface area contributed by atoms with Crippen molar-refractivity contribution < 1.29 is 14.6 Å². The lowest BCUT2D eigenvalue weighted by molar-refractivity contribution is 0.133. The summed E-state index contributed by atoms with van der Waals surface area (Å²) >= 11 is 3.41. The molecule has 1 atom stereocenters. The summed E-state index contributed by atoms with van der Waals surface area (Å²) in [4.78, 5) is 13.8. The van der Waals surface area contributed by atoms with Crippen molar-refractivity contribution in [3.8, 4) is 0 Å². The van der Waals surface area contributed by atoms with Crippen molar-refractivity contribution in [2.24, 2.45) is 0 Å². The van der Waals surface area contributed by atoms with Gasteiger partial charge in [-0.05, 0) is 29.3 Å². The third-order valence-electron chi connectivity index (χ3n) is 3.61. The normalized spacial score (nSPS) is 17.0. The van der Waals surface area contributed by atoms with Crippen LogP contribution in [0.3, 0.4) is 0 Å². The first-order valence-electron chi connectivity index (χ1n) is 7.08. The molecule has 4 nitrogen and oxygen atoms in total. The standard InChI is InChI=1S/C17H16BrNO3/c18-14-6-7-16-13(8-14)9-15(20)10-19(16)17(21)22-11-12-4-2-1-3-5-12/h1-8,15,20H,9-11H2. The number of ether oxygens (including phenoxy) is 1. The number of carbonyl (C=O) groups excluding carboxylic acids is 1. The van der Waals surface area contributed by atoms with Crippen LogP contribution in [0.5, 0.6) is 0 Å². The van der Waals surface area contributed by atoms with E-state index >= 15 is 0 Å². The van der Waals surface area contributed by atoms with Gasteiger partial charge >= 0.3 is 6.09 Å². The first-order chi connectivity index (χ1) is 10.6. The topological polar surface area (TPSA) is 49.8 Å². The van der Waals surface area contributed by atoms with E-state index in [1.165, 1.54) is 4.90 Å². The van der Waals surface area contributed by atoms with Crippen LogP contribution in [0.4, 0.5) is 10.5 Å². The highest BCUT2D eigenvalue weighted by molar-refractivity contribution is 9.10. The van der Waals surface area contributed by atoms with Crippen LogP contribution in [0.2, 0.25) is 0 Å². The number of fused-ring (bicyclic) bond motifs is 1. The molecule has 0 radical (unpaired) electrons. The van der Waals surface area contributed by atoms with Gasteiger partial charge in [-0.2, -0.15) is 0 Å². The average molecular weight is 362 g/mol. The molecule has 1 aliphatic rings. The van der Waals surface area contributed by atoms with Crippen LogP contribution < -0.4 is 4.90 Å². The number of halogens is 1. The van der Waals surface area contributed by atoms with Crippen molar-refractivity contribution in [3.63, 3.8) is 0 Å². The van der Waals surface area contributed by atoms with Gasteiger partial charge in [-0.25, -0.2) is 4.79 Å². The third kappa shape index (κ3) is 3.31. The number of nitrogens with zero attached hydrogens (tertiary/aromatic N) is 1. The van der Waals surface area contributed by atoms with E-state index in [0.717, 1.165) is 21.3 Å². The molecule has 1 amide bonds. The van der Waals surface area contributed by atoms with Gasteiger partial charge in [0.05, 0.1) is 18.3 Å². The summed E-state index contributed by atoms with van der Waals surface area (Å²) in [5.74, 6) is 0. The number of anilines is 1. The maximum atomic E-state index is 12.3. The Morgan fingerprint density at radius 2 is 2.05 bits per heavy atom. The van der Waals surface area contributed by atoms with Crippen LogP contribution in [-0.4, -0.2) is 23.8 Å². The molecule has 1 N–H and O–H groups in total. The molecule has 1 aliphatic heterocycles. The molecular formula is C17H16BrNO3. The molecule has 0 aromatic heterocycles. The van der Waals surface area contributed by atoms with Gasteiger partial charge in [-0.15, -0.1) is 0 Å². The number of carbonyl (C=O) groups is 1. The molecule has 0 saturated heterocycles. The minimum absolute atomic E-state index is 0.220. The molecule has 5 heteroatoms. The summed E-state index contributed by atoms with van der Waals surface area (Å²) in [6.07, 6.45) is -0.478. The van der Waals surface area contributed by atoms with Gasteiger partial charge in [-0.3, -0.25) is 4.90 Å². The third-order valence-corrected chi connectivity index (χ3v) is 4.10. The van der Waals surface area contributed by atoms with Gasteiger partial charge < -0.3 is 9.84 Å². The molecule has 2 aromatic rings. The lowest BCUT2D eigenvalue weighted by Gasteiger charge is -2.31. The SMILES string of the molecule is O=C(OCc1ccccc1)N1CC(O)Cc2cc(Br)ccc21. The van der Waals surface area contributed by atoms with Gasteiger partial charge in [0.15, 0.2) is 0 Å². The minimum Gasteiger partial charge on any atom is -0.444 e. The van der Waals surface area contributed by atoms with E-state index in [4.69, 9.17) is 4.74 Å². The van der Waals surface area contributed by atoms with Crippen molar-refractivity contribution in [1.82, 2.24) is 0 Å². The Hall–Kier alpha value is -1.85. The van der Waals surface area contributed by atoms with Crippen molar-refractivity contribution in [3.05, 3.63) is 64.1 Å². The van der Waals surface area contributed by atoms with Crippen molar-refractivity contribution in [2.75, 3.05) is 11.4 Å². The smallest absolute Gasteiger partial charge is 0.414 e. The second kappa shape index (κ2) is 6.50. The summed E-state index contributed by atoms with van der Waals surface area (Å²) in [6.45, 7) is 0.473. The quantitative estimate of drug-likeness (QED) is 0.890. The molecule has 1 unspecified atom stereocenters. The molecule has 0 aliphatic carbocycles. The Balaban J connectivity index is 1.75. The first-order valence-corrected chi connectivity index (χ1v) is 7.87. The Morgan fingerprint density at radius 3 is 2.82 bits per heavy atom. The molecule has 0 saturated carbocycles. The Bertz CT molecular complexity index is 675. The fraction of sp³-hybridized carbons (Fsp3) is 0.235. The van der Waals surface area contributed by atoms with Crippen LogP contribution >= 0.6 is 15.9 Å². The zero-order valence-electron chi connectivity index (χ0n) is 11.9. The molecular weight excluding hydrogens is 346 g/mol. The number of amides is 1. The summed E-state index contributed by atoms with van der Waals surface area (Å²) in [5.41, 5.74) is 2.67. The van der Waals surface area contributed by atoms with Crippen LogP contribution in [0.25, 0.3) is 0 Å². The highest BCUT2D eigenvalue weighted by Crippen LogP contribution is 2.30. The Kier molecular flexibility index (Phi) is 4.45. The molecule has 0 spiro atoms. The highest BCUT2D eigenvalue weighted by atomic mass is 79.9. The molecule has 114 valence electrons. The maximum absolute atomic E-state index is 12.3. The van der Waals surface area contributed by atoms with E-state index in [-0.39, 0.29) is 13.2 Å². The molecule has 22 heavy (non-hydrogen) atoms. The van der Waals surface area contributed by atoms with Crippen LogP contribution in [-0.2, 0) is 17.8 Å².